The van der Waals surface area contributed by atoms with Crippen molar-refractivity contribution in [2.24, 2.45) is 5.92 Å². The standard InChI is InChI=1S/C22H26N4O2/c27-21-14-19(16-26(21)15-17-7-9-23-10-8-17)22(28)24-11-13-25-12-3-5-18-4-1-2-6-20(18)25/h1-2,4,6-10,19H,3,5,11-16H2,(H,24,28). The second-order valence-corrected chi connectivity index (χ2v) is 7.54. The first kappa shape index (κ1) is 18.5. The number of hydrogen-bond acceptors (Lipinski definition) is 4. The molecule has 1 unspecified atom stereocenters. The lowest BCUT2D eigenvalue weighted by molar-refractivity contribution is -0.129. The zero-order chi connectivity index (χ0) is 19.3. The van der Waals surface area contributed by atoms with Crippen LogP contribution in [0.15, 0.2) is 48.8 Å². The molecule has 2 aliphatic rings. The third-order valence-corrected chi connectivity index (χ3v) is 5.60. The molecule has 6 nitrogen and oxygen atoms in total. The number of aryl methyl sites for hydroxylation is 1. The van der Waals surface area contributed by atoms with Gasteiger partial charge < -0.3 is 15.1 Å². The van der Waals surface area contributed by atoms with Crippen LogP contribution in [0, 0.1) is 5.92 Å². The van der Waals surface area contributed by atoms with Crippen molar-refractivity contribution in [2.75, 3.05) is 31.1 Å². The van der Waals surface area contributed by atoms with Gasteiger partial charge in [-0.25, -0.2) is 0 Å². The van der Waals surface area contributed by atoms with Crippen molar-refractivity contribution in [3.63, 3.8) is 0 Å². The number of nitrogens with zero attached hydrogens (tertiary/aromatic N) is 3. The molecule has 2 amide bonds. The van der Waals surface area contributed by atoms with Gasteiger partial charge in [-0.15, -0.1) is 0 Å². The summed E-state index contributed by atoms with van der Waals surface area (Å²) in [7, 11) is 0. The van der Waals surface area contributed by atoms with E-state index in [0.717, 1.165) is 31.5 Å². The molecule has 1 aromatic carbocycles. The molecule has 0 radical (unpaired) electrons. The number of amides is 2. The van der Waals surface area contributed by atoms with E-state index in [1.165, 1.54) is 11.3 Å². The first-order chi connectivity index (χ1) is 13.7. The van der Waals surface area contributed by atoms with Crippen LogP contribution in [0.4, 0.5) is 5.69 Å². The van der Waals surface area contributed by atoms with Gasteiger partial charge >= 0.3 is 0 Å². The molecule has 1 fully saturated rings. The first-order valence-electron chi connectivity index (χ1n) is 9.98. The number of benzene rings is 1. The normalized spacial score (nSPS) is 18.9. The van der Waals surface area contributed by atoms with Crippen molar-refractivity contribution in [3.05, 3.63) is 59.9 Å². The highest BCUT2D eigenvalue weighted by atomic mass is 16.2. The van der Waals surface area contributed by atoms with Crippen molar-refractivity contribution in [3.8, 4) is 0 Å². The average Bonchev–Trinajstić information content (AvgIpc) is 3.09. The number of carbonyl (C=O) groups is 2. The van der Waals surface area contributed by atoms with Crippen molar-refractivity contribution >= 4 is 17.5 Å². The van der Waals surface area contributed by atoms with E-state index >= 15 is 0 Å². The fourth-order valence-corrected chi connectivity index (χ4v) is 4.11. The number of carbonyl (C=O) groups excluding carboxylic acids is 2. The fraction of sp³-hybridized carbons (Fsp3) is 0.409. The second-order valence-electron chi connectivity index (χ2n) is 7.54. The predicted molar refractivity (Wildman–Crippen MR) is 108 cm³/mol. The van der Waals surface area contributed by atoms with Crippen molar-refractivity contribution < 1.29 is 9.59 Å². The molecule has 0 bridgehead atoms. The molecule has 146 valence electrons. The lowest BCUT2D eigenvalue weighted by atomic mass is 10.0. The van der Waals surface area contributed by atoms with Crippen LogP contribution in [0.1, 0.15) is 24.0 Å². The quantitative estimate of drug-likeness (QED) is 0.835. The smallest absolute Gasteiger partial charge is 0.225 e. The Hall–Kier alpha value is -2.89. The molecule has 0 saturated carbocycles. The number of likely N-dealkylation sites (tertiary alicyclic amines) is 1. The molecular weight excluding hydrogens is 352 g/mol. The average molecular weight is 378 g/mol. The number of rotatable bonds is 6. The van der Waals surface area contributed by atoms with Gasteiger partial charge in [0.05, 0.1) is 5.92 Å². The summed E-state index contributed by atoms with van der Waals surface area (Å²) in [6.07, 6.45) is 6.00. The molecule has 0 spiro atoms. The molecule has 2 aromatic rings. The van der Waals surface area contributed by atoms with Gasteiger partial charge in [-0.05, 0) is 42.2 Å². The maximum atomic E-state index is 12.6. The summed E-state index contributed by atoms with van der Waals surface area (Å²) in [6.45, 7) is 3.44. The molecule has 4 rings (SSSR count). The first-order valence-corrected chi connectivity index (χ1v) is 9.98. The van der Waals surface area contributed by atoms with Crippen LogP contribution in [0.3, 0.4) is 0 Å². The second kappa shape index (κ2) is 8.42. The van der Waals surface area contributed by atoms with Gasteiger partial charge in [0.15, 0.2) is 0 Å². The van der Waals surface area contributed by atoms with E-state index in [2.05, 4.69) is 39.5 Å². The molecule has 1 N–H and O–H groups in total. The molecule has 1 atom stereocenters. The maximum absolute atomic E-state index is 12.6. The summed E-state index contributed by atoms with van der Waals surface area (Å²) < 4.78 is 0. The molecule has 6 heteroatoms. The van der Waals surface area contributed by atoms with Gasteiger partial charge in [0.25, 0.3) is 0 Å². The summed E-state index contributed by atoms with van der Waals surface area (Å²) in [6, 6.07) is 12.3. The van der Waals surface area contributed by atoms with Gasteiger partial charge in [-0.1, -0.05) is 18.2 Å². The Kier molecular flexibility index (Phi) is 5.55. The highest BCUT2D eigenvalue weighted by Crippen LogP contribution is 2.26. The lowest BCUT2D eigenvalue weighted by Crippen LogP contribution is -2.40. The van der Waals surface area contributed by atoms with Gasteiger partial charge in [0.1, 0.15) is 0 Å². The zero-order valence-corrected chi connectivity index (χ0v) is 16.0. The van der Waals surface area contributed by atoms with E-state index in [1.807, 2.05) is 12.1 Å². The Labute approximate surface area is 165 Å². The molecule has 28 heavy (non-hydrogen) atoms. The Bertz CT molecular complexity index is 839. The van der Waals surface area contributed by atoms with E-state index in [9.17, 15) is 9.59 Å². The molecule has 3 heterocycles. The summed E-state index contributed by atoms with van der Waals surface area (Å²) in [5.41, 5.74) is 3.70. The van der Waals surface area contributed by atoms with E-state index < -0.39 is 0 Å². The van der Waals surface area contributed by atoms with Gasteiger partial charge in [-0.3, -0.25) is 14.6 Å². The lowest BCUT2D eigenvalue weighted by Gasteiger charge is -2.31. The van der Waals surface area contributed by atoms with E-state index in [0.29, 0.717) is 26.1 Å². The SMILES string of the molecule is O=C(NCCN1CCCc2ccccc21)C1CC(=O)N(Cc2ccncc2)C1. The zero-order valence-electron chi connectivity index (χ0n) is 16.0. The van der Waals surface area contributed by atoms with Crippen LogP contribution in [0.5, 0.6) is 0 Å². The molecule has 2 aliphatic heterocycles. The van der Waals surface area contributed by atoms with Crippen LogP contribution < -0.4 is 10.2 Å². The minimum atomic E-state index is -0.261. The summed E-state index contributed by atoms with van der Waals surface area (Å²) in [5.74, 6) is -0.235. The van der Waals surface area contributed by atoms with Crippen LogP contribution in [-0.4, -0.2) is 47.9 Å². The summed E-state index contributed by atoms with van der Waals surface area (Å²) in [5, 5.41) is 3.04. The number of para-hydroxylation sites is 1. The minimum absolute atomic E-state index is 0.0177. The van der Waals surface area contributed by atoms with Crippen LogP contribution in [0.2, 0.25) is 0 Å². The van der Waals surface area contributed by atoms with Crippen LogP contribution in [-0.2, 0) is 22.6 Å². The van der Waals surface area contributed by atoms with Crippen LogP contribution in [0.25, 0.3) is 0 Å². The number of fused-ring (bicyclic) bond motifs is 1. The van der Waals surface area contributed by atoms with Gasteiger partial charge in [0.2, 0.25) is 11.8 Å². The maximum Gasteiger partial charge on any atom is 0.225 e. The molecule has 1 saturated heterocycles. The Morgan fingerprint density at radius 1 is 1.14 bits per heavy atom. The van der Waals surface area contributed by atoms with Gasteiger partial charge in [-0.2, -0.15) is 0 Å². The van der Waals surface area contributed by atoms with Crippen molar-refractivity contribution in [1.29, 1.82) is 0 Å². The number of nitrogens with one attached hydrogen (secondary N) is 1. The Morgan fingerprint density at radius 3 is 2.82 bits per heavy atom. The van der Waals surface area contributed by atoms with Gasteiger partial charge in [0, 0.05) is 57.2 Å². The topological polar surface area (TPSA) is 65.5 Å². The highest BCUT2D eigenvalue weighted by Gasteiger charge is 2.34. The minimum Gasteiger partial charge on any atom is -0.370 e. The van der Waals surface area contributed by atoms with Crippen molar-refractivity contribution in [1.82, 2.24) is 15.2 Å². The molecule has 1 aromatic heterocycles. The van der Waals surface area contributed by atoms with E-state index in [-0.39, 0.29) is 17.7 Å². The summed E-state index contributed by atoms with van der Waals surface area (Å²) in [4.78, 5) is 32.9. The van der Waals surface area contributed by atoms with Crippen LogP contribution >= 0.6 is 0 Å². The molecular formula is C22H26N4O2. The van der Waals surface area contributed by atoms with E-state index in [4.69, 9.17) is 0 Å². The Balaban J connectivity index is 1.26. The van der Waals surface area contributed by atoms with E-state index in [1.54, 1.807) is 17.3 Å². The summed E-state index contributed by atoms with van der Waals surface area (Å²) >= 11 is 0. The predicted octanol–water partition coefficient (Wildman–Crippen LogP) is 2.00. The highest BCUT2D eigenvalue weighted by molar-refractivity contribution is 5.89. The largest absolute Gasteiger partial charge is 0.370 e. The number of pyridine rings is 1. The number of aromatic nitrogens is 1. The fourth-order valence-electron chi connectivity index (χ4n) is 4.11. The number of anilines is 1. The molecule has 0 aliphatic carbocycles. The monoisotopic (exact) mass is 378 g/mol. The number of hydrogen-bond donors (Lipinski definition) is 1. The van der Waals surface area contributed by atoms with Crippen molar-refractivity contribution in [2.45, 2.75) is 25.8 Å². The third-order valence-electron chi connectivity index (χ3n) is 5.60. The third kappa shape index (κ3) is 4.16. The Morgan fingerprint density at radius 2 is 1.96 bits per heavy atom.